The molecule has 5 heteroatoms. The maximum Gasteiger partial charge on any atom is 0.147 e. The van der Waals surface area contributed by atoms with Crippen LogP contribution in [0.3, 0.4) is 0 Å². The molecule has 102 valence electrons. The first-order valence-electron chi connectivity index (χ1n) is 6.96. The van der Waals surface area contributed by atoms with Crippen molar-refractivity contribution in [2.24, 2.45) is 0 Å². The highest BCUT2D eigenvalue weighted by Crippen LogP contribution is 2.28. The second kappa shape index (κ2) is 5.43. The summed E-state index contributed by atoms with van der Waals surface area (Å²) in [4.78, 5) is 11.3. The van der Waals surface area contributed by atoms with Gasteiger partial charge in [-0.2, -0.15) is 0 Å². The zero-order chi connectivity index (χ0) is 13.2. The first-order chi connectivity index (χ1) is 9.29. The number of hydrogen-bond acceptors (Lipinski definition) is 5. The number of aryl methyl sites for hydroxylation is 1. The van der Waals surface area contributed by atoms with Crippen molar-refractivity contribution in [2.45, 2.75) is 32.7 Å². The van der Waals surface area contributed by atoms with Crippen LogP contribution in [0.4, 0.5) is 5.82 Å². The van der Waals surface area contributed by atoms with Gasteiger partial charge in [-0.15, -0.1) is 11.3 Å². The topological polar surface area (TPSA) is 41.0 Å². The van der Waals surface area contributed by atoms with Crippen LogP contribution in [0.5, 0.6) is 0 Å². The van der Waals surface area contributed by atoms with Crippen LogP contribution in [0.25, 0.3) is 10.2 Å². The van der Waals surface area contributed by atoms with E-state index in [1.807, 2.05) is 0 Å². The van der Waals surface area contributed by atoms with Gasteiger partial charge in [0.2, 0.25) is 0 Å². The summed E-state index contributed by atoms with van der Waals surface area (Å²) < 4.78 is 1.18. The lowest BCUT2D eigenvalue weighted by molar-refractivity contribution is 0.277. The van der Waals surface area contributed by atoms with E-state index >= 15 is 0 Å². The highest BCUT2D eigenvalue weighted by atomic mass is 32.1. The van der Waals surface area contributed by atoms with E-state index in [4.69, 9.17) is 0 Å². The largest absolute Gasteiger partial charge is 0.367 e. The highest BCUT2D eigenvalue weighted by Gasteiger charge is 2.22. The Morgan fingerprint density at radius 3 is 3.21 bits per heavy atom. The third kappa shape index (κ3) is 2.44. The summed E-state index contributed by atoms with van der Waals surface area (Å²) in [6, 6.07) is 0.649. The van der Waals surface area contributed by atoms with Crippen molar-refractivity contribution in [3.05, 3.63) is 17.3 Å². The number of likely N-dealkylation sites (N-methyl/N-ethyl adjacent to an activating group) is 1. The predicted molar refractivity (Wildman–Crippen MR) is 80.9 cm³/mol. The Kier molecular flexibility index (Phi) is 3.66. The molecule has 0 aliphatic carbocycles. The van der Waals surface area contributed by atoms with E-state index in [1.54, 1.807) is 17.7 Å². The number of hydrogen-bond donors (Lipinski definition) is 1. The predicted octanol–water partition coefficient (Wildman–Crippen LogP) is 2.90. The van der Waals surface area contributed by atoms with Crippen molar-refractivity contribution in [2.75, 3.05) is 25.0 Å². The van der Waals surface area contributed by atoms with Crippen LogP contribution in [0.1, 0.15) is 25.3 Å². The Morgan fingerprint density at radius 2 is 2.37 bits per heavy atom. The second-order valence-corrected chi connectivity index (χ2v) is 6.00. The molecule has 0 saturated carbocycles. The zero-order valence-corrected chi connectivity index (χ0v) is 12.3. The molecule has 3 rings (SSSR count). The minimum atomic E-state index is 0.649. The molecule has 0 radical (unpaired) electrons. The Hall–Kier alpha value is -1.20. The number of likely N-dealkylation sites (tertiary alicyclic amines) is 1. The molecule has 1 N–H and O–H groups in total. The third-order valence-electron chi connectivity index (χ3n) is 3.94. The van der Waals surface area contributed by atoms with Gasteiger partial charge in [-0.1, -0.05) is 6.92 Å². The number of rotatable bonds is 4. The Balaban J connectivity index is 1.75. The van der Waals surface area contributed by atoms with Crippen LogP contribution < -0.4 is 5.32 Å². The summed E-state index contributed by atoms with van der Waals surface area (Å²) in [5, 5.41) is 5.68. The third-order valence-corrected chi connectivity index (χ3v) is 5.04. The highest BCUT2D eigenvalue weighted by molar-refractivity contribution is 7.18. The molecule has 1 unspecified atom stereocenters. The SMILES string of the molecule is CCN1CCCC1CNc1ncnc2c(C)csc12. The van der Waals surface area contributed by atoms with Gasteiger partial charge >= 0.3 is 0 Å². The number of fused-ring (bicyclic) bond motifs is 1. The van der Waals surface area contributed by atoms with Gasteiger partial charge in [0.25, 0.3) is 0 Å². The average Bonchev–Trinajstić information content (AvgIpc) is 3.03. The van der Waals surface area contributed by atoms with Crippen molar-refractivity contribution in [3.8, 4) is 0 Å². The summed E-state index contributed by atoms with van der Waals surface area (Å²) in [5.74, 6) is 0.992. The number of anilines is 1. The molecule has 0 aromatic carbocycles. The lowest BCUT2D eigenvalue weighted by Crippen LogP contribution is -2.34. The van der Waals surface area contributed by atoms with Crippen molar-refractivity contribution < 1.29 is 0 Å². The van der Waals surface area contributed by atoms with Gasteiger partial charge in [-0.3, -0.25) is 4.90 Å². The first kappa shape index (κ1) is 12.8. The molecule has 0 bridgehead atoms. The second-order valence-electron chi connectivity index (χ2n) is 5.12. The molecule has 1 atom stereocenters. The molecular formula is C14H20N4S. The van der Waals surface area contributed by atoms with Gasteiger partial charge in [0.1, 0.15) is 12.1 Å². The van der Waals surface area contributed by atoms with Crippen LogP contribution >= 0.6 is 11.3 Å². The van der Waals surface area contributed by atoms with Gasteiger partial charge < -0.3 is 5.32 Å². The standard InChI is InChI=1S/C14H20N4S/c1-3-18-6-4-5-11(18)7-15-14-13-12(16-9-17-14)10(2)8-19-13/h8-9,11H,3-7H2,1-2H3,(H,15,16,17). The van der Waals surface area contributed by atoms with Crippen molar-refractivity contribution in [1.82, 2.24) is 14.9 Å². The molecule has 4 nitrogen and oxygen atoms in total. The molecule has 3 heterocycles. The lowest BCUT2D eigenvalue weighted by Gasteiger charge is -2.23. The molecule has 0 amide bonds. The smallest absolute Gasteiger partial charge is 0.147 e. The molecule has 19 heavy (non-hydrogen) atoms. The molecular weight excluding hydrogens is 256 g/mol. The minimum Gasteiger partial charge on any atom is -0.367 e. The van der Waals surface area contributed by atoms with Gasteiger partial charge in [-0.25, -0.2) is 9.97 Å². The Morgan fingerprint density at radius 1 is 1.47 bits per heavy atom. The summed E-state index contributed by atoms with van der Waals surface area (Å²) in [6.45, 7) is 7.70. The van der Waals surface area contributed by atoms with Gasteiger partial charge in [0.15, 0.2) is 0 Å². The van der Waals surface area contributed by atoms with Crippen LogP contribution in [-0.4, -0.2) is 40.5 Å². The fourth-order valence-electron chi connectivity index (χ4n) is 2.85. The quantitative estimate of drug-likeness (QED) is 0.932. The van der Waals surface area contributed by atoms with E-state index in [0.29, 0.717) is 6.04 Å². The van der Waals surface area contributed by atoms with Crippen molar-refractivity contribution in [1.29, 1.82) is 0 Å². The zero-order valence-electron chi connectivity index (χ0n) is 11.5. The van der Waals surface area contributed by atoms with Crippen LogP contribution in [-0.2, 0) is 0 Å². The van der Waals surface area contributed by atoms with Gasteiger partial charge in [0.05, 0.1) is 10.2 Å². The average molecular weight is 276 g/mol. The molecule has 1 aliphatic heterocycles. The Labute approximate surface area is 117 Å². The normalized spacial score (nSPS) is 20.2. The fraction of sp³-hybridized carbons (Fsp3) is 0.571. The van der Waals surface area contributed by atoms with E-state index < -0.39 is 0 Å². The van der Waals surface area contributed by atoms with Crippen molar-refractivity contribution >= 4 is 27.4 Å². The summed E-state index contributed by atoms with van der Waals surface area (Å²) in [6.07, 6.45) is 4.27. The van der Waals surface area contributed by atoms with Crippen LogP contribution in [0.15, 0.2) is 11.7 Å². The maximum atomic E-state index is 4.40. The first-order valence-corrected chi connectivity index (χ1v) is 7.84. The summed E-state index contributed by atoms with van der Waals surface area (Å²) in [5.41, 5.74) is 2.32. The molecule has 1 fully saturated rings. The maximum absolute atomic E-state index is 4.40. The lowest BCUT2D eigenvalue weighted by atomic mass is 10.2. The van der Waals surface area contributed by atoms with Gasteiger partial charge in [-0.05, 0) is 43.8 Å². The molecule has 2 aromatic heterocycles. The van der Waals surface area contributed by atoms with E-state index in [1.165, 1.54) is 29.6 Å². The molecule has 1 saturated heterocycles. The van der Waals surface area contributed by atoms with Crippen LogP contribution in [0.2, 0.25) is 0 Å². The van der Waals surface area contributed by atoms with E-state index in [2.05, 4.69) is 39.4 Å². The minimum absolute atomic E-state index is 0.649. The summed E-state index contributed by atoms with van der Waals surface area (Å²) in [7, 11) is 0. The van der Waals surface area contributed by atoms with Gasteiger partial charge in [0, 0.05) is 12.6 Å². The van der Waals surface area contributed by atoms with Crippen LogP contribution in [0, 0.1) is 6.92 Å². The van der Waals surface area contributed by atoms with E-state index in [9.17, 15) is 0 Å². The number of nitrogens with zero attached hydrogens (tertiary/aromatic N) is 3. The monoisotopic (exact) mass is 276 g/mol. The van der Waals surface area contributed by atoms with E-state index in [0.717, 1.165) is 24.4 Å². The fourth-order valence-corrected chi connectivity index (χ4v) is 3.82. The molecule has 2 aromatic rings. The summed E-state index contributed by atoms with van der Waals surface area (Å²) >= 11 is 1.73. The Bertz CT molecular complexity index is 566. The van der Waals surface area contributed by atoms with E-state index in [-0.39, 0.29) is 0 Å². The molecule has 1 aliphatic rings. The number of nitrogens with one attached hydrogen (secondary N) is 1. The molecule has 0 spiro atoms. The number of thiophene rings is 1. The van der Waals surface area contributed by atoms with Crippen molar-refractivity contribution in [3.63, 3.8) is 0 Å². The number of aromatic nitrogens is 2.